The number of fused-ring (bicyclic) bond motifs is 1. The lowest BCUT2D eigenvalue weighted by Gasteiger charge is -2.36. The lowest BCUT2D eigenvalue weighted by Crippen LogP contribution is -2.46. The topological polar surface area (TPSA) is 375 Å². The number of aromatic nitrogens is 4. The van der Waals surface area contributed by atoms with Gasteiger partial charge in [0.15, 0.2) is 22.8 Å². The number of anilines is 1. The van der Waals surface area contributed by atoms with Crippen LogP contribution in [0.5, 0.6) is 0 Å². The fourth-order valence-corrected chi connectivity index (χ4v) is 7.93. The number of rotatable bonds is 21. The number of amides is 2. The maximum absolute atomic E-state index is 12.5. The number of hydrogen-bond acceptors (Lipinski definition) is 22. The van der Waals surface area contributed by atoms with Crippen molar-refractivity contribution in [2.45, 2.75) is 64.3 Å². The molecule has 1 fully saturated rings. The highest BCUT2D eigenvalue weighted by atomic mass is 32.2. The van der Waals surface area contributed by atoms with E-state index in [1.54, 1.807) is 19.1 Å². The quantitative estimate of drug-likeness (QED) is 0.0478. The zero-order valence-electron chi connectivity index (χ0n) is 28.8. The van der Waals surface area contributed by atoms with Crippen molar-refractivity contribution in [3.8, 4) is 0 Å². The fraction of sp³-hybridized carbons (Fsp3) is 0.615. The van der Waals surface area contributed by atoms with Gasteiger partial charge in [-0.25, -0.2) is 19.3 Å². The summed E-state index contributed by atoms with van der Waals surface area (Å²) < 4.78 is 60.4. The molecule has 0 aromatic carbocycles. The van der Waals surface area contributed by atoms with E-state index in [-0.39, 0.29) is 48.0 Å². The molecule has 3 heterocycles. The molecule has 0 aliphatic carbocycles. The number of nitrogens with zero attached hydrogens (tertiary/aromatic N) is 4. The summed E-state index contributed by atoms with van der Waals surface area (Å²) in [4.78, 5) is 95.4. The van der Waals surface area contributed by atoms with Crippen LogP contribution in [0.1, 0.15) is 39.8 Å². The number of phosphoric ester groups is 3. The average molecular weight is 846 g/mol. The van der Waals surface area contributed by atoms with Gasteiger partial charge in [0.2, 0.25) is 11.8 Å². The average Bonchev–Trinajstić information content (AvgIpc) is 3.63. The molecule has 2 unspecified atom stereocenters. The highest BCUT2D eigenvalue weighted by Gasteiger charge is 2.47. The highest BCUT2D eigenvalue weighted by Crippen LogP contribution is 2.56. The minimum Gasteiger partial charge on any atom is -0.790 e. The molecule has 1 saturated heterocycles. The van der Waals surface area contributed by atoms with E-state index in [9.17, 15) is 57.9 Å². The molecule has 2 aromatic rings. The number of carbonyl (C=O) groups excluding carboxylic acids is 3. The van der Waals surface area contributed by atoms with Crippen molar-refractivity contribution in [1.82, 2.24) is 30.2 Å². The van der Waals surface area contributed by atoms with Gasteiger partial charge in [0.1, 0.15) is 36.3 Å². The van der Waals surface area contributed by atoms with Gasteiger partial charge >= 0.3 is 0 Å². The molecule has 2 aromatic heterocycles. The third-order valence-corrected chi connectivity index (χ3v) is 11.2. The second-order valence-corrected chi connectivity index (χ2v) is 17.2. The van der Waals surface area contributed by atoms with Gasteiger partial charge in [-0.1, -0.05) is 37.8 Å². The summed E-state index contributed by atoms with van der Waals surface area (Å²) >= 11 is 1.05. The molecular weight excluding hydrogens is 807 g/mol. The second-order valence-electron chi connectivity index (χ2n) is 12.0. The van der Waals surface area contributed by atoms with E-state index in [4.69, 9.17) is 10.5 Å². The number of ether oxygens (including phenoxy) is 1. The number of hydrogen-bond donors (Lipinski definition) is 5. The summed E-state index contributed by atoms with van der Waals surface area (Å²) in [6.07, 6.45) is -3.87. The van der Waals surface area contributed by atoms with Crippen LogP contribution in [0.3, 0.4) is 0 Å². The Balaban J connectivity index is 1.51. The van der Waals surface area contributed by atoms with Crippen LogP contribution >= 0.6 is 35.2 Å². The van der Waals surface area contributed by atoms with E-state index in [1.807, 2.05) is 0 Å². The second kappa shape index (κ2) is 19.4. The van der Waals surface area contributed by atoms with Crippen LogP contribution in [0.4, 0.5) is 5.82 Å². The van der Waals surface area contributed by atoms with Gasteiger partial charge in [-0.15, -0.1) is 0 Å². The zero-order chi connectivity index (χ0) is 40.5. The van der Waals surface area contributed by atoms with Gasteiger partial charge in [-0.2, -0.15) is 0 Å². The molecule has 7 atom stereocenters. The van der Waals surface area contributed by atoms with E-state index in [1.165, 1.54) is 13.8 Å². The Labute approximate surface area is 311 Å². The minimum atomic E-state index is -5.91. The number of imidazole rings is 1. The van der Waals surface area contributed by atoms with E-state index in [2.05, 4.69) is 43.5 Å². The van der Waals surface area contributed by atoms with Crippen LogP contribution in [0.2, 0.25) is 0 Å². The number of nitrogens with one attached hydrogen (secondary N) is 2. The number of aliphatic hydroxyl groups excluding tert-OH is 2. The van der Waals surface area contributed by atoms with Crippen molar-refractivity contribution >= 4 is 69.1 Å². The van der Waals surface area contributed by atoms with Crippen molar-refractivity contribution in [2.75, 3.05) is 37.8 Å². The first kappa shape index (κ1) is 45.7. The molecule has 304 valence electrons. The van der Waals surface area contributed by atoms with Gasteiger partial charge in [0.25, 0.3) is 15.6 Å². The maximum atomic E-state index is 12.5. The van der Waals surface area contributed by atoms with E-state index in [0.29, 0.717) is 5.75 Å². The molecule has 24 nitrogen and oxygen atoms in total. The van der Waals surface area contributed by atoms with Crippen LogP contribution in [0.15, 0.2) is 24.8 Å². The maximum Gasteiger partial charge on any atom is 0.274 e. The predicted octanol–water partition coefficient (Wildman–Crippen LogP) is -2.90. The Morgan fingerprint density at radius 2 is 1.80 bits per heavy atom. The van der Waals surface area contributed by atoms with Gasteiger partial charge in [-0.3, -0.25) is 28.1 Å². The summed E-state index contributed by atoms with van der Waals surface area (Å²) in [6.45, 7) is 1.88. The molecule has 28 heteroatoms. The van der Waals surface area contributed by atoms with Crippen LogP contribution < -0.4 is 35.9 Å². The number of allylic oxidation sites excluding steroid dienone is 2. The van der Waals surface area contributed by atoms with E-state index in [0.717, 1.165) is 29.0 Å². The van der Waals surface area contributed by atoms with Crippen molar-refractivity contribution in [3.05, 3.63) is 24.8 Å². The number of nitrogen functional groups attached to an aromatic ring is 1. The van der Waals surface area contributed by atoms with Gasteiger partial charge < -0.3 is 69.0 Å². The van der Waals surface area contributed by atoms with Gasteiger partial charge in [0, 0.05) is 37.1 Å². The molecular formula is C26H38N7O17P3S-4. The van der Waals surface area contributed by atoms with Crippen LogP contribution in [0.25, 0.3) is 11.2 Å². The number of phosphoric acid groups is 3. The first-order valence-corrected chi connectivity index (χ1v) is 21.0. The number of thioether (sulfide) groups is 1. The first-order valence-electron chi connectivity index (χ1n) is 15.6. The molecule has 6 N–H and O–H groups in total. The predicted molar refractivity (Wildman–Crippen MR) is 178 cm³/mol. The number of aliphatic hydroxyl groups is 2. The molecule has 0 radical (unpaired) electrons. The van der Waals surface area contributed by atoms with E-state index < -0.39 is 84.6 Å². The van der Waals surface area contributed by atoms with Gasteiger partial charge in [-0.05, 0) is 6.92 Å². The zero-order valence-corrected chi connectivity index (χ0v) is 32.3. The smallest absolute Gasteiger partial charge is 0.274 e. The third-order valence-electron chi connectivity index (χ3n) is 7.26. The minimum absolute atomic E-state index is 0.0215. The Kier molecular flexibility index (Phi) is 16.4. The molecule has 1 aliphatic heterocycles. The summed E-state index contributed by atoms with van der Waals surface area (Å²) in [5.41, 5.74) is 4.07. The van der Waals surface area contributed by atoms with Crippen molar-refractivity contribution in [3.63, 3.8) is 0 Å². The van der Waals surface area contributed by atoms with Crippen LogP contribution in [-0.4, -0.2) is 103 Å². The monoisotopic (exact) mass is 845 g/mol. The normalized spacial score (nSPS) is 22.2. The molecule has 0 bridgehead atoms. The Hall–Kier alpha value is -2.70. The Morgan fingerprint density at radius 1 is 1.11 bits per heavy atom. The lowest BCUT2D eigenvalue weighted by molar-refractivity contribution is -0.347. The lowest BCUT2D eigenvalue weighted by atomic mass is 9.87. The standard InChI is InChI=1S/C26H42N7O17P3S/c1-4-5-6-17(35)54-10-9-28-16(34)7-8-29-24(38)21(37)26(2,3)12-47-53(44,45)50-52(42,43)46-11-15-20(49-51(39,40)41)19(36)25(48-15)33-14-32-18-22(27)30-13-31-23(18)33/h4-5,13-15,19-21,25,36-37H,6-12H2,1-3H3,(H,28,34)(H,29,38)(H,42,43)(H,44,45)(H2,27,30,31)(H2,39,40,41)/p-4/b5-4+/t15-,19-,20-,21+,25-/m1/s1. The summed E-state index contributed by atoms with van der Waals surface area (Å²) in [5, 5.41) is 26.1. The summed E-state index contributed by atoms with van der Waals surface area (Å²) in [6, 6.07) is 0. The number of nitrogens with two attached hydrogens (primary N) is 1. The van der Waals surface area contributed by atoms with Crippen molar-refractivity contribution in [1.29, 1.82) is 0 Å². The molecule has 54 heavy (non-hydrogen) atoms. The summed E-state index contributed by atoms with van der Waals surface area (Å²) in [5.74, 6) is -1.21. The molecule has 0 saturated carbocycles. The van der Waals surface area contributed by atoms with Crippen molar-refractivity contribution < 1.29 is 80.5 Å². The third kappa shape index (κ3) is 13.8. The van der Waals surface area contributed by atoms with E-state index >= 15 is 0 Å². The largest absolute Gasteiger partial charge is 0.790 e. The number of carbonyl (C=O) groups is 3. The van der Waals surface area contributed by atoms with Crippen LogP contribution in [0, 0.1) is 5.41 Å². The Morgan fingerprint density at radius 3 is 2.46 bits per heavy atom. The fourth-order valence-electron chi connectivity index (χ4n) is 4.55. The molecule has 3 rings (SSSR count). The molecule has 0 spiro atoms. The highest BCUT2D eigenvalue weighted by molar-refractivity contribution is 8.13. The van der Waals surface area contributed by atoms with Gasteiger partial charge in [0.05, 0.1) is 27.4 Å². The molecule has 2 amide bonds. The Bertz CT molecular complexity index is 1810. The first-order chi connectivity index (χ1) is 25.1. The summed E-state index contributed by atoms with van der Waals surface area (Å²) in [7, 11) is -17.6. The van der Waals surface area contributed by atoms with Crippen molar-refractivity contribution in [2.24, 2.45) is 5.41 Å². The SMILES string of the molecule is C/C=C/CC(=O)SCCNC(=O)CCNC(=O)[C@H](O)C(C)(C)COP(=O)([O-])OP(=O)([O-])OC[C@H]1O[C@@H](n2cnc3c(N)ncnc32)[C@H](O)[C@@H]1OP(=O)([O-])[O-]. The van der Waals surface area contributed by atoms with Crippen LogP contribution in [-0.2, 0) is 50.7 Å². The molecule has 1 aliphatic rings.